The molecular weight excluding hydrogens is 336 g/mol. The molecule has 0 spiro atoms. The summed E-state index contributed by atoms with van der Waals surface area (Å²) in [6, 6.07) is 12.3. The van der Waals surface area contributed by atoms with Gasteiger partial charge < -0.3 is 17.2 Å². The summed E-state index contributed by atoms with van der Waals surface area (Å²) in [5.74, 6) is 1.45. The average Bonchev–Trinajstić information content (AvgIpc) is 2.65. The Morgan fingerprint density at radius 1 is 0.926 bits per heavy atom. The smallest absolute Gasteiger partial charge is 0.191 e. The van der Waals surface area contributed by atoms with Gasteiger partial charge in [-0.3, -0.25) is 4.98 Å². The van der Waals surface area contributed by atoms with E-state index in [9.17, 15) is 0 Å². The van der Waals surface area contributed by atoms with Crippen molar-refractivity contribution in [2.75, 3.05) is 0 Å². The summed E-state index contributed by atoms with van der Waals surface area (Å²) in [5.41, 5.74) is 20.5. The monoisotopic (exact) mass is 364 g/mol. The Balaban J connectivity index is 1.93. The molecule has 1 saturated carbocycles. The molecule has 1 heterocycles. The predicted octanol–water partition coefficient (Wildman–Crippen LogP) is 3.71. The number of guanidine groups is 1. The van der Waals surface area contributed by atoms with Crippen molar-refractivity contribution in [1.82, 2.24) is 4.98 Å². The van der Waals surface area contributed by atoms with Crippen molar-refractivity contribution in [3.05, 3.63) is 53.9 Å². The van der Waals surface area contributed by atoms with E-state index in [0.29, 0.717) is 17.4 Å². The second-order valence-corrected chi connectivity index (χ2v) is 7.20. The molecule has 0 saturated heterocycles. The highest BCUT2D eigenvalue weighted by Gasteiger charge is 2.27. The van der Waals surface area contributed by atoms with Crippen molar-refractivity contribution in [2.45, 2.75) is 44.9 Å². The molecule has 1 aliphatic rings. The molecule has 6 heteroatoms. The lowest BCUT2D eigenvalue weighted by Gasteiger charge is -2.30. The van der Waals surface area contributed by atoms with E-state index in [1.807, 2.05) is 24.3 Å². The van der Waals surface area contributed by atoms with E-state index in [1.54, 1.807) is 13.1 Å². The first-order valence-electron chi connectivity index (χ1n) is 9.49. The predicted molar refractivity (Wildman–Crippen MR) is 112 cm³/mol. The third-order valence-electron chi connectivity index (χ3n) is 5.03. The molecule has 1 aromatic heterocycles. The van der Waals surface area contributed by atoms with Crippen molar-refractivity contribution < 1.29 is 0 Å². The number of hydrogen-bond donors (Lipinski definition) is 3. The number of nitrogens with zero attached hydrogens (tertiary/aromatic N) is 3. The van der Waals surface area contributed by atoms with Crippen LogP contribution in [0.4, 0.5) is 11.4 Å². The van der Waals surface area contributed by atoms with Crippen molar-refractivity contribution in [3.63, 3.8) is 0 Å². The Morgan fingerprint density at radius 2 is 1.59 bits per heavy atom. The van der Waals surface area contributed by atoms with E-state index in [2.05, 4.69) is 27.1 Å². The zero-order valence-corrected chi connectivity index (χ0v) is 15.8. The van der Waals surface area contributed by atoms with Crippen molar-refractivity contribution in [3.8, 4) is 0 Å². The maximum atomic E-state index is 5.69. The summed E-state index contributed by atoms with van der Waals surface area (Å²) in [4.78, 5) is 13.1. The Morgan fingerprint density at radius 3 is 2.15 bits per heavy atom. The van der Waals surface area contributed by atoms with Gasteiger partial charge in [-0.1, -0.05) is 31.4 Å². The van der Waals surface area contributed by atoms with Crippen LogP contribution >= 0.6 is 0 Å². The number of pyridine rings is 1. The molecule has 142 valence electrons. The molecule has 2 aromatic rings. The molecule has 1 aromatic carbocycles. The fourth-order valence-corrected chi connectivity index (χ4v) is 3.91. The van der Waals surface area contributed by atoms with E-state index in [1.165, 1.54) is 37.7 Å². The van der Waals surface area contributed by atoms with Gasteiger partial charge in [-0.05, 0) is 55.5 Å². The molecular formula is C21H28N6. The second kappa shape index (κ2) is 8.66. The summed E-state index contributed by atoms with van der Waals surface area (Å²) in [7, 11) is 0. The number of nitrogens with two attached hydrogens (primary N) is 3. The lowest BCUT2D eigenvalue weighted by Crippen LogP contribution is -2.22. The van der Waals surface area contributed by atoms with E-state index in [-0.39, 0.29) is 11.9 Å². The first-order chi connectivity index (χ1) is 13.0. The van der Waals surface area contributed by atoms with Crippen LogP contribution < -0.4 is 17.2 Å². The number of amidine groups is 1. The Labute approximate surface area is 160 Å². The lowest BCUT2D eigenvalue weighted by atomic mass is 9.75. The molecule has 6 nitrogen and oxygen atoms in total. The first kappa shape index (κ1) is 18.9. The summed E-state index contributed by atoms with van der Waals surface area (Å²) >= 11 is 0. The molecule has 0 aliphatic heterocycles. The quantitative estimate of drug-likeness (QED) is 0.554. The minimum Gasteiger partial charge on any atom is -0.387 e. The summed E-state index contributed by atoms with van der Waals surface area (Å²) in [6.45, 7) is 1.79. The third-order valence-corrected chi connectivity index (χ3v) is 5.03. The number of hydrogen-bond acceptors (Lipinski definition) is 3. The fourth-order valence-electron chi connectivity index (χ4n) is 3.91. The van der Waals surface area contributed by atoms with Gasteiger partial charge in [0.2, 0.25) is 0 Å². The highest BCUT2D eigenvalue weighted by molar-refractivity contribution is 5.80. The van der Waals surface area contributed by atoms with Crippen LogP contribution in [0.1, 0.15) is 56.2 Å². The number of rotatable bonds is 5. The standard InChI is InChI=1S/C21H28N6/c1-14(22)26-17-9-7-16(8-10-17)20(15-5-3-2-4-6-15)19-12-11-18(13-25-19)27-21(23)24/h7-13,15,20H,2-6H2,1H3,(H2,22,26)(H4,23,24,27). The molecule has 27 heavy (non-hydrogen) atoms. The van der Waals surface area contributed by atoms with Gasteiger partial charge in [0.25, 0.3) is 0 Å². The molecule has 6 N–H and O–H groups in total. The molecule has 1 fully saturated rings. The van der Waals surface area contributed by atoms with Crippen molar-refractivity contribution in [2.24, 2.45) is 33.1 Å². The largest absolute Gasteiger partial charge is 0.387 e. The summed E-state index contributed by atoms with van der Waals surface area (Å²) in [5, 5.41) is 0. The van der Waals surface area contributed by atoms with Crippen LogP contribution in [-0.4, -0.2) is 16.8 Å². The third kappa shape index (κ3) is 5.06. The minimum atomic E-state index is 0.0414. The SMILES string of the molecule is CC(N)=Nc1ccc(C(c2ccc(N=C(N)N)cn2)C2CCCCC2)cc1. The normalized spacial score (nSPS) is 16.7. The van der Waals surface area contributed by atoms with E-state index >= 15 is 0 Å². The number of aromatic nitrogens is 1. The molecule has 0 radical (unpaired) electrons. The Hall–Kier alpha value is -2.89. The maximum Gasteiger partial charge on any atom is 0.191 e. The van der Waals surface area contributed by atoms with Crippen molar-refractivity contribution in [1.29, 1.82) is 0 Å². The number of aliphatic imine (C=N–C) groups is 2. The van der Waals surface area contributed by atoms with Crippen LogP contribution in [0.25, 0.3) is 0 Å². The van der Waals surface area contributed by atoms with E-state index < -0.39 is 0 Å². The highest BCUT2D eigenvalue weighted by atomic mass is 15.0. The van der Waals surface area contributed by atoms with Crippen LogP contribution in [0, 0.1) is 5.92 Å². The van der Waals surface area contributed by atoms with Gasteiger partial charge in [-0.25, -0.2) is 9.98 Å². The molecule has 1 unspecified atom stereocenters. The molecule has 0 amide bonds. The minimum absolute atomic E-state index is 0.0414. The van der Waals surface area contributed by atoms with Crippen LogP contribution in [-0.2, 0) is 0 Å². The zero-order valence-electron chi connectivity index (χ0n) is 15.8. The van der Waals surface area contributed by atoms with Crippen LogP contribution in [0.5, 0.6) is 0 Å². The average molecular weight is 364 g/mol. The van der Waals surface area contributed by atoms with Gasteiger partial charge in [-0.15, -0.1) is 0 Å². The van der Waals surface area contributed by atoms with E-state index in [0.717, 1.165) is 11.4 Å². The van der Waals surface area contributed by atoms with E-state index in [4.69, 9.17) is 17.2 Å². The van der Waals surface area contributed by atoms with Crippen LogP contribution in [0.15, 0.2) is 52.6 Å². The van der Waals surface area contributed by atoms with Crippen LogP contribution in [0.3, 0.4) is 0 Å². The van der Waals surface area contributed by atoms with Gasteiger partial charge in [0.15, 0.2) is 5.96 Å². The summed E-state index contributed by atoms with van der Waals surface area (Å²) in [6.07, 6.45) is 8.07. The molecule has 1 aliphatic carbocycles. The number of benzene rings is 1. The lowest BCUT2D eigenvalue weighted by molar-refractivity contribution is 0.324. The topological polar surface area (TPSA) is 116 Å². The van der Waals surface area contributed by atoms with Gasteiger partial charge in [0.05, 0.1) is 23.4 Å². The molecule has 0 bridgehead atoms. The fraction of sp³-hybridized carbons (Fsp3) is 0.381. The first-order valence-corrected chi connectivity index (χ1v) is 9.49. The van der Waals surface area contributed by atoms with Gasteiger partial charge in [0.1, 0.15) is 0 Å². The highest BCUT2D eigenvalue weighted by Crippen LogP contribution is 2.40. The Bertz CT molecular complexity index is 732. The molecule has 3 rings (SSSR count). The van der Waals surface area contributed by atoms with Gasteiger partial charge >= 0.3 is 0 Å². The zero-order chi connectivity index (χ0) is 19.2. The summed E-state index contributed by atoms with van der Waals surface area (Å²) < 4.78 is 0. The maximum absolute atomic E-state index is 5.69. The Kier molecular flexibility index (Phi) is 6.06. The van der Waals surface area contributed by atoms with Crippen LogP contribution in [0.2, 0.25) is 0 Å². The van der Waals surface area contributed by atoms with Gasteiger partial charge in [0, 0.05) is 11.6 Å². The van der Waals surface area contributed by atoms with Gasteiger partial charge in [-0.2, -0.15) is 0 Å². The second-order valence-electron chi connectivity index (χ2n) is 7.20. The molecule has 1 atom stereocenters. The van der Waals surface area contributed by atoms with Crippen molar-refractivity contribution >= 4 is 23.2 Å².